The zero-order valence-electron chi connectivity index (χ0n) is 16.0. The molecule has 0 aromatic heterocycles. The van der Waals surface area contributed by atoms with E-state index >= 15 is 0 Å². The van der Waals surface area contributed by atoms with Crippen LogP contribution in [0.3, 0.4) is 0 Å². The van der Waals surface area contributed by atoms with Crippen LogP contribution < -0.4 is 0 Å². The smallest absolute Gasteiger partial charge is 0.200 e. The highest BCUT2D eigenvalue weighted by Crippen LogP contribution is 2.43. The van der Waals surface area contributed by atoms with Crippen molar-refractivity contribution in [2.24, 2.45) is 0 Å². The molecule has 2 aliphatic rings. The van der Waals surface area contributed by atoms with Crippen molar-refractivity contribution in [2.75, 3.05) is 6.61 Å². The molecule has 2 rings (SSSR count). The fourth-order valence-electron chi connectivity index (χ4n) is 4.42. The fraction of sp³-hybridized carbons (Fsp3) is 0.889. The molecule has 0 amide bonds. The molecule has 1 fully saturated rings. The van der Waals surface area contributed by atoms with Gasteiger partial charge < -0.3 is 18.6 Å². The van der Waals surface area contributed by atoms with E-state index < -0.39 is 14.1 Å². The van der Waals surface area contributed by atoms with Crippen LogP contribution in [0.25, 0.3) is 0 Å². The summed E-state index contributed by atoms with van der Waals surface area (Å²) in [5.74, 6) is -0.561. The van der Waals surface area contributed by atoms with Crippen molar-refractivity contribution in [1.29, 1.82) is 0 Å². The topological polar surface area (TPSA) is 36.9 Å². The van der Waals surface area contributed by atoms with Crippen LogP contribution in [-0.2, 0) is 18.6 Å². The highest BCUT2D eigenvalue weighted by molar-refractivity contribution is 6.77. The second kappa shape index (κ2) is 6.87. The van der Waals surface area contributed by atoms with Gasteiger partial charge in [0.1, 0.15) is 18.3 Å². The van der Waals surface area contributed by atoms with Gasteiger partial charge in [-0.25, -0.2) is 0 Å². The largest absolute Gasteiger partial charge is 0.493 e. The van der Waals surface area contributed by atoms with Crippen LogP contribution in [0.1, 0.15) is 55.4 Å². The Bertz CT molecular complexity index is 409. The predicted octanol–water partition coefficient (Wildman–Crippen LogP) is 4.61. The van der Waals surface area contributed by atoms with E-state index in [1.807, 2.05) is 19.9 Å². The van der Waals surface area contributed by atoms with E-state index in [0.717, 1.165) is 0 Å². The Balaban J connectivity index is 2.10. The summed E-state index contributed by atoms with van der Waals surface area (Å²) >= 11 is 0. The van der Waals surface area contributed by atoms with Gasteiger partial charge in [-0.1, -0.05) is 41.5 Å². The van der Waals surface area contributed by atoms with Crippen molar-refractivity contribution >= 4 is 8.32 Å². The van der Waals surface area contributed by atoms with Gasteiger partial charge in [0.05, 0.1) is 12.9 Å². The molecule has 0 aliphatic carbocycles. The van der Waals surface area contributed by atoms with Gasteiger partial charge in [-0.05, 0) is 36.5 Å². The molecule has 0 saturated carbocycles. The minimum Gasteiger partial charge on any atom is -0.493 e. The molecular formula is C18H34O4Si. The maximum Gasteiger partial charge on any atom is 0.200 e. The molecule has 2 heterocycles. The molecule has 2 aliphatic heterocycles. The second-order valence-corrected chi connectivity index (χ2v) is 13.7. The Hall–Kier alpha value is -0.363. The number of hydrogen-bond donors (Lipinski definition) is 0. The summed E-state index contributed by atoms with van der Waals surface area (Å²) in [5, 5.41) is 0. The summed E-state index contributed by atoms with van der Waals surface area (Å²) in [6.45, 7) is 18.3. The Morgan fingerprint density at radius 2 is 1.57 bits per heavy atom. The van der Waals surface area contributed by atoms with Crippen molar-refractivity contribution in [3.8, 4) is 0 Å². The molecule has 1 saturated heterocycles. The first-order valence-electron chi connectivity index (χ1n) is 8.92. The van der Waals surface area contributed by atoms with Gasteiger partial charge in [0, 0.05) is 0 Å². The first-order chi connectivity index (χ1) is 10.6. The summed E-state index contributed by atoms with van der Waals surface area (Å²) in [7, 11) is -1.89. The molecule has 0 aromatic rings. The lowest BCUT2D eigenvalue weighted by atomic mass is 10.1. The Morgan fingerprint density at radius 1 is 1.00 bits per heavy atom. The number of fused-ring (bicyclic) bond motifs is 1. The van der Waals surface area contributed by atoms with E-state index in [2.05, 4.69) is 41.5 Å². The van der Waals surface area contributed by atoms with Gasteiger partial charge in [-0.15, -0.1) is 0 Å². The van der Waals surface area contributed by atoms with E-state index in [1.54, 1.807) is 6.26 Å². The third-order valence-corrected chi connectivity index (χ3v) is 11.3. The first kappa shape index (κ1) is 19.0. The standard InChI is InChI=1S/C18H34O4Si/c1-12(2)23(13(3)4,14(5)6)20-11-16-17-15(9-10-19-16)21-18(7,8)22-17/h9-10,12-17H,11H2,1-8H3. The fourth-order valence-corrected chi connectivity index (χ4v) is 9.87. The molecule has 134 valence electrons. The molecule has 3 unspecified atom stereocenters. The van der Waals surface area contributed by atoms with Gasteiger partial charge in [-0.3, -0.25) is 0 Å². The zero-order chi connectivity index (χ0) is 17.4. The average Bonchev–Trinajstić information content (AvgIpc) is 2.72. The van der Waals surface area contributed by atoms with Crippen molar-refractivity contribution < 1.29 is 18.6 Å². The van der Waals surface area contributed by atoms with E-state index in [-0.39, 0.29) is 18.3 Å². The third-order valence-electron chi connectivity index (χ3n) is 5.26. The molecule has 23 heavy (non-hydrogen) atoms. The summed E-state index contributed by atoms with van der Waals surface area (Å²) in [6, 6.07) is 0. The highest BCUT2D eigenvalue weighted by Gasteiger charge is 2.49. The molecule has 4 nitrogen and oxygen atoms in total. The molecule has 0 bridgehead atoms. The van der Waals surface area contributed by atoms with E-state index in [9.17, 15) is 0 Å². The van der Waals surface area contributed by atoms with Crippen molar-refractivity contribution in [2.45, 2.75) is 96.1 Å². The molecule has 5 heteroatoms. The number of rotatable bonds is 6. The van der Waals surface area contributed by atoms with Gasteiger partial charge >= 0.3 is 0 Å². The normalized spacial score (nSPS) is 30.1. The Labute approximate surface area is 142 Å². The lowest BCUT2D eigenvalue weighted by Gasteiger charge is -2.43. The molecule has 3 atom stereocenters. The van der Waals surface area contributed by atoms with E-state index in [1.165, 1.54) is 0 Å². The highest BCUT2D eigenvalue weighted by atomic mass is 28.4. The first-order valence-corrected chi connectivity index (χ1v) is 11.1. The minimum absolute atomic E-state index is 0.0411. The zero-order valence-corrected chi connectivity index (χ0v) is 17.0. The van der Waals surface area contributed by atoms with Crippen LogP contribution >= 0.6 is 0 Å². The summed E-state index contributed by atoms with van der Waals surface area (Å²) < 4.78 is 24.5. The predicted molar refractivity (Wildman–Crippen MR) is 94.8 cm³/mol. The molecular weight excluding hydrogens is 308 g/mol. The molecule has 0 spiro atoms. The second-order valence-electron chi connectivity index (χ2n) is 8.20. The Morgan fingerprint density at radius 3 is 2.09 bits per heavy atom. The van der Waals surface area contributed by atoms with Crippen molar-refractivity contribution in [3.05, 3.63) is 12.3 Å². The van der Waals surface area contributed by atoms with Gasteiger partial charge in [0.25, 0.3) is 0 Å². The summed E-state index contributed by atoms with van der Waals surface area (Å²) in [5.41, 5.74) is 1.69. The maximum atomic E-state index is 6.67. The van der Waals surface area contributed by atoms with E-state index in [4.69, 9.17) is 18.6 Å². The molecule has 0 aromatic carbocycles. The van der Waals surface area contributed by atoms with Crippen LogP contribution in [0.5, 0.6) is 0 Å². The van der Waals surface area contributed by atoms with Gasteiger partial charge in [0.15, 0.2) is 5.79 Å². The van der Waals surface area contributed by atoms with E-state index in [0.29, 0.717) is 23.2 Å². The van der Waals surface area contributed by atoms with Crippen LogP contribution in [-0.4, -0.2) is 39.0 Å². The lowest BCUT2D eigenvalue weighted by Crippen LogP contribution is -2.51. The monoisotopic (exact) mass is 342 g/mol. The van der Waals surface area contributed by atoms with Gasteiger partial charge in [0.2, 0.25) is 8.32 Å². The van der Waals surface area contributed by atoms with Crippen LogP contribution in [0.4, 0.5) is 0 Å². The van der Waals surface area contributed by atoms with Crippen molar-refractivity contribution in [1.82, 2.24) is 0 Å². The van der Waals surface area contributed by atoms with Crippen LogP contribution in [0, 0.1) is 0 Å². The van der Waals surface area contributed by atoms with Crippen LogP contribution in [0.15, 0.2) is 12.3 Å². The Kier molecular flexibility index (Phi) is 5.66. The number of hydrogen-bond acceptors (Lipinski definition) is 4. The molecule has 0 N–H and O–H groups in total. The van der Waals surface area contributed by atoms with Crippen LogP contribution in [0.2, 0.25) is 16.6 Å². The summed E-state index contributed by atoms with van der Waals surface area (Å²) in [6.07, 6.45) is 3.45. The quantitative estimate of drug-likeness (QED) is 0.661. The number of ether oxygens (including phenoxy) is 3. The minimum atomic E-state index is -1.89. The SMILES string of the molecule is CC(C)[Si](OCC1OC=CC2OC(C)(C)OC21)(C(C)C)C(C)C. The van der Waals surface area contributed by atoms with Crippen molar-refractivity contribution in [3.63, 3.8) is 0 Å². The average molecular weight is 343 g/mol. The maximum absolute atomic E-state index is 6.67. The molecule has 0 radical (unpaired) electrons. The lowest BCUT2D eigenvalue weighted by molar-refractivity contribution is -0.154. The summed E-state index contributed by atoms with van der Waals surface area (Å²) in [4.78, 5) is 0. The van der Waals surface area contributed by atoms with Gasteiger partial charge in [-0.2, -0.15) is 0 Å². The third kappa shape index (κ3) is 3.68.